The summed E-state index contributed by atoms with van der Waals surface area (Å²) in [5, 5.41) is 0. The van der Waals surface area contributed by atoms with Crippen molar-refractivity contribution in [1.82, 2.24) is 9.30 Å². The zero-order valence-corrected chi connectivity index (χ0v) is 24.9. The number of aromatic nitrogens is 1. The van der Waals surface area contributed by atoms with Gasteiger partial charge in [-0.2, -0.15) is 0 Å². The van der Waals surface area contributed by atoms with Gasteiger partial charge in [0, 0.05) is 29.4 Å². The first kappa shape index (κ1) is 27.6. The third kappa shape index (κ3) is 6.54. The van der Waals surface area contributed by atoms with E-state index in [0.29, 0.717) is 17.9 Å². The number of hydrogen-bond acceptors (Lipinski definition) is 3. The van der Waals surface area contributed by atoms with Crippen molar-refractivity contribution >= 4 is 43.2 Å². The van der Waals surface area contributed by atoms with Crippen LogP contribution in [0.4, 0.5) is 0 Å². The molecule has 0 atom stereocenters. The van der Waals surface area contributed by atoms with E-state index in [1.807, 2.05) is 40.9 Å². The van der Waals surface area contributed by atoms with Crippen LogP contribution in [-0.4, -0.2) is 41.3 Å². The van der Waals surface area contributed by atoms with E-state index in [1.54, 1.807) is 0 Å². The number of hydrogen-bond donors (Lipinski definition) is 0. The van der Waals surface area contributed by atoms with E-state index in [2.05, 4.69) is 87.9 Å². The van der Waals surface area contributed by atoms with Crippen LogP contribution < -0.4 is 4.74 Å². The minimum Gasteiger partial charge on any atom is -0.491 e. The average Bonchev–Trinajstić information content (AvgIpc) is 3.27. The van der Waals surface area contributed by atoms with Gasteiger partial charge in [-0.1, -0.05) is 49.7 Å². The van der Waals surface area contributed by atoms with Crippen LogP contribution in [0.2, 0.25) is 0 Å². The molecule has 6 heteroatoms. The van der Waals surface area contributed by atoms with Crippen molar-refractivity contribution in [2.75, 3.05) is 26.2 Å². The summed E-state index contributed by atoms with van der Waals surface area (Å²) in [6, 6.07) is 20.1. The summed E-state index contributed by atoms with van der Waals surface area (Å²) >= 11 is 7.31. The molecule has 0 aliphatic carbocycles. The highest BCUT2D eigenvalue weighted by atomic mass is 79.9. The van der Waals surface area contributed by atoms with Gasteiger partial charge in [-0.05, 0) is 107 Å². The number of pyridine rings is 1. The second-order valence-corrected chi connectivity index (χ2v) is 11.1. The number of carbonyl (C=O) groups excluding carboxylic acids is 1. The number of nitrogens with zero attached hydrogens (tertiary/aromatic N) is 2. The van der Waals surface area contributed by atoms with Crippen LogP contribution in [0.3, 0.4) is 0 Å². The van der Waals surface area contributed by atoms with Crippen molar-refractivity contribution in [3.8, 4) is 16.9 Å². The lowest BCUT2D eigenvalue weighted by Gasteiger charge is -2.21. The molecule has 0 aliphatic heterocycles. The van der Waals surface area contributed by atoms with E-state index in [1.165, 1.54) is 5.56 Å². The molecule has 0 amide bonds. The van der Waals surface area contributed by atoms with E-state index >= 15 is 0 Å². The lowest BCUT2D eigenvalue weighted by molar-refractivity contribution is 0.103. The lowest BCUT2D eigenvalue weighted by atomic mass is 9.99. The van der Waals surface area contributed by atoms with Crippen LogP contribution >= 0.6 is 31.9 Å². The van der Waals surface area contributed by atoms with Gasteiger partial charge in [0.05, 0.1) is 15.6 Å². The van der Waals surface area contributed by atoms with Gasteiger partial charge in [0.1, 0.15) is 11.4 Å². The van der Waals surface area contributed by atoms with Gasteiger partial charge in [0.15, 0.2) is 0 Å². The number of ether oxygens (including phenoxy) is 1. The summed E-state index contributed by atoms with van der Waals surface area (Å²) in [5.41, 5.74) is 5.37. The van der Waals surface area contributed by atoms with Crippen LogP contribution in [0, 0.1) is 6.92 Å². The van der Waals surface area contributed by atoms with Gasteiger partial charge >= 0.3 is 0 Å². The Balaban J connectivity index is 1.58. The maximum absolute atomic E-state index is 13.9. The van der Waals surface area contributed by atoms with Gasteiger partial charge in [0.25, 0.3) is 0 Å². The fraction of sp³-hybridized carbons (Fsp3) is 0.323. The van der Waals surface area contributed by atoms with Crippen LogP contribution in [0.1, 0.15) is 54.7 Å². The summed E-state index contributed by atoms with van der Waals surface area (Å²) in [6.07, 6.45) is 5.23. The van der Waals surface area contributed by atoms with Crippen LogP contribution in [0.15, 0.2) is 75.8 Å². The molecule has 4 aromatic rings. The lowest BCUT2D eigenvalue weighted by Crippen LogP contribution is -2.27. The van der Waals surface area contributed by atoms with Gasteiger partial charge in [-0.15, -0.1) is 0 Å². The van der Waals surface area contributed by atoms with E-state index < -0.39 is 0 Å². The quantitative estimate of drug-likeness (QED) is 0.117. The number of fused-ring (bicyclic) bond motifs is 1. The smallest absolute Gasteiger partial charge is 0.210 e. The Morgan fingerprint density at radius 1 is 0.919 bits per heavy atom. The second kappa shape index (κ2) is 12.9. The van der Waals surface area contributed by atoms with Crippen molar-refractivity contribution in [1.29, 1.82) is 0 Å². The first-order valence-corrected chi connectivity index (χ1v) is 14.6. The minimum atomic E-state index is -0.0375. The fourth-order valence-corrected chi connectivity index (χ4v) is 6.12. The second-order valence-electron chi connectivity index (χ2n) is 9.41. The predicted molar refractivity (Wildman–Crippen MR) is 160 cm³/mol. The van der Waals surface area contributed by atoms with Crippen molar-refractivity contribution in [3.63, 3.8) is 0 Å². The Morgan fingerprint density at radius 3 is 2.24 bits per heavy atom. The van der Waals surface area contributed by atoms with Gasteiger partial charge in [-0.25, -0.2) is 0 Å². The molecule has 2 aromatic carbocycles. The Kier molecular flexibility index (Phi) is 9.63. The van der Waals surface area contributed by atoms with Crippen molar-refractivity contribution in [3.05, 3.63) is 92.6 Å². The molecule has 2 heterocycles. The van der Waals surface area contributed by atoms with Crippen molar-refractivity contribution in [2.24, 2.45) is 0 Å². The normalized spacial score (nSPS) is 11.4. The van der Waals surface area contributed by atoms with E-state index in [0.717, 1.165) is 70.2 Å². The van der Waals surface area contributed by atoms with Gasteiger partial charge in [-0.3, -0.25) is 4.79 Å². The maximum atomic E-state index is 13.9. The molecule has 4 rings (SSSR count). The Morgan fingerprint density at radius 2 is 1.59 bits per heavy atom. The molecule has 2 aromatic heterocycles. The number of rotatable bonds is 12. The molecule has 0 aliphatic rings. The third-order valence-corrected chi connectivity index (χ3v) is 7.64. The third-order valence-electron chi connectivity index (χ3n) is 6.46. The highest BCUT2D eigenvalue weighted by Gasteiger charge is 2.22. The molecular formula is C31H34Br2N2O2. The number of halogens is 2. The summed E-state index contributed by atoms with van der Waals surface area (Å²) < 4.78 is 9.64. The summed E-state index contributed by atoms with van der Waals surface area (Å²) in [7, 11) is 0. The molecule has 0 unspecified atom stereocenters. The molecule has 194 valence electrons. The predicted octanol–water partition coefficient (Wildman–Crippen LogP) is 8.56. The first-order chi connectivity index (χ1) is 17.9. The molecule has 0 radical (unpaired) electrons. The average molecular weight is 626 g/mol. The van der Waals surface area contributed by atoms with E-state index in [4.69, 9.17) is 4.74 Å². The molecule has 37 heavy (non-hydrogen) atoms. The SMILES string of the molecule is CCCN(CCC)CCCOc1c(Br)cc(C(=O)c2c(-c3ccc(C)cc3)cc3ccccn23)cc1Br. The standard InChI is InChI=1S/C31H34Br2N2O2/c1-4-14-34(15-5-2)16-8-18-37-31-27(32)19-24(20-28(31)33)30(36)29-26(23-12-10-22(3)11-13-23)21-25-9-6-7-17-35(25)29/h6-7,9-13,17,19-21H,4-5,8,14-16,18H2,1-3H3. The van der Waals surface area contributed by atoms with Crippen molar-refractivity contribution < 1.29 is 9.53 Å². The Labute approximate surface area is 236 Å². The Bertz CT molecular complexity index is 1330. The highest BCUT2D eigenvalue weighted by Crippen LogP contribution is 2.37. The zero-order chi connectivity index (χ0) is 26.4. The van der Waals surface area contributed by atoms with Gasteiger partial charge < -0.3 is 14.0 Å². The van der Waals surface area contributed by atoms with Crippen molar-refractivity contribution in [2.45, 2.75) is 40.0 Å². The molecule has 0 spiro atoms. The zero-order valence-electron chi connectivity index (χ0n) is 21.8. The summed E-state index contributed by atoms with van der Waals surface area (Å²) in [6.45, 7) is 10.4. The molecule has 4 nitrogen and oxygen atoms in total. The van der Waals surface area contributed by atoms with Crippen LogP contribution in [0.25, 0.3) is 16.6 Å². The monoisotopic (exact) mass is 624 g/mol. The van der Waals surface area contributed by atoms with Crippen LogP contribution in [0.5, 0.6) is 5.75 Å². The molecule has 0 fully saturated rings. The molecule has 0 N–H and O–H groups in total. The largest absolute Gasteiger partial charge is 0.491 e. The summed E-state index contributed by atoms with van der Waals surface area (Å²) in [5.74, 6) is 0.692. The fourth-order valence-electron chi connectivity index (χ4n) is 4.70. The molecule has 0 saturated heterocycles. The number of carbonyl (C=O) groups is 1. The topological polar surface area (TPSA) is 34.0 Å². The highest BCUT2D eigenvalue weighted by molar-refractivity contribution is 9.11. The maximum Gasteiger partial charge on any atom is 0.210 e. The summed E-state index contributed by atoms with van der Waals surface area (Å²) in [4.78, 5) is 16.4. The number of benzene rings is 2. The van der Waals surface area contributed by atoms with Crippen LogP contribution in [-0.2, 0) is 0 Å². The molecular weight excluding hydrogens is 592 g/mol. The first-order valence-electron chi connectivity index (χ1n) is 13.0. The number of aryl methyl sites for hydroxylation is 1. The number of ketones is 1. The minimum absolute atomic E-state index is 0.0375. The van der Waals surface area contributed by atoms with Gasteiger partial charge in [0.2, 0.25) is 5.78 Å². The molecule has 0 saturated carbocycles. The van der Waals surface area contributed by atoms with E-state index in [9.17, 15) is 4.79 Å². The Hall–Kier alpha value is -2.41. The van der Waals surface area contributed by atoms with E-state index in [-0.39, 0.29) is 5.78 Å². The molecule has 0 bridgehead atoms.